The molecule has 20 heavy (non-hydrogen) atoms. The van der Waals surface area contributed by atoms with Gasteiger partial charge in [0.05, 0.1) is 6.61 Å². The van der Waals surface area contributed by atoms with Crippen LogP contribution in [0.4, 0.5) is 0 Å². The van der Waals surface area contributed by atoms with E-state index in [2.05, 4.69) is 16.8 Å². The van der Waals surface area contributed by atoms with E-state index in [-0.39, 0.29) is 11.8 Å². The molecule has 1 heterocycles. The number of aromatic hydroxyl groups is 1. The normalized spacial score (nSPS) is 17.6. The van der Waals surface area contributed by atoms with Gasteiger partial charge in [-0.05, 0) is 19.4 Å². The molecule has 0 aromatic heterocycles. The molecule has 0 radical (unpaired) electrons. The van der Waals surface area contributed by atoms with E-state index in [4.69, 9.17) is 4.74 Å². The molecule has 1 saturated heterocycles. The van der Waals surface area contributed by atoms with Gasteiger partial charge in [0.15, 0.2) is 11.5 Å². The van der Waals surface area contributed by atoms with E-state index in [1.165, 1.54) is 0 Å². The molecule has 0 aliphatic carbocycles. The first-order valence-electron chi connectivity index (χ1n) is 7.28. The second kappa shape index (κ2) is 7.31. The summed E-state index contributed by atoms with van der Waals surface area (Å²) in [5.74, 6) is 0.828. The van der Waals surface area contributed by atoms with Gasteiger partial charge < -0.3 is 15.2 Å². The van der Waals surface area contributed by atoms with E-state index in [1.807, 2.05) is 31.2 Å². The lowest BCUT2D eigenvalue weighted by molar-refractivity contribution is 0.171. The number of benzene rings is 1. The summed E-state index contributed by atoms with van der Waals surface area (Å²) >= 11 is 0. The highest BCUT2D eigenvalue weighted by molar-refractivity contribution is 5.47. The van der Waals surface area contributed by atoms with Gasteiger partial charge in [0.25, 0.3) is 0 Å². The number of nitrogens with zero attached hydrogens (tertiary/aromatic N) is 1. The van der Waals surface area contributed by atoms with Crippen molar-refractivity contribution in [2.75, 3.05) is 32.8 Å². The largest absolute Gasteiger partial charge is 0.504 e. The third-order valence-corrected chi connectivity index (χ3v) is 3.67. The van der Waals surface area contributed by atoms with E-state index in [9.17, 15) is 5.11 Å². The van der Waals surface area contributed by atoms with Crippen molar-refractivity contribution in [2.45, 2.75) is 19.4 Å². The molecule has 0 unspecified atom stereocenters. The SMILES string of the molecule is C=CC[C@H](c1cccc(OCC)c1O)N1CCNCC1. The Bertz CT molecular complexity index is 442. The van der Waals surface area contributed by atoms with Crippen molar-refractivity contribution in [3.05, 3.63) is 36.4 Å². The Kier molecular flexibility index (Phi) is 5.44. The number of para-hydroxylation sites is 1. The zero-order chi connectivity index (χ0) is 14.4. The van der Waals surface area contributed by atoms with Crippen LogP contribution in [0.1, 0.15) is 24.9 Å². The van der Waals surface area contributed by atoms with Crippen LogP contribution in [-0.4, -0.2) is 42.8 Å². The van der Waals surface area contributed by atoms with Crippen LogP contribution in [0, 0.1) is 0 Å². The van der Waals surface area contributed by atoms with Gasteiger partial charge in [-0.15, -0.1) is 6.58 Å². The minimum Gasteiger partial charge on any atom is -0.504 e. The van der Waals surface area contributed by atoms with Gasteiger partial charge in [-0.25, -0.2) is 0 Å². The molecule has 1 aromatic carbocycles. The topological polar surface area (TPSA) is 44.7 Å². The number of hydrogen-bond donors (Lipinski definition) is 2. The van der Waals surface area contributed by atoms with Crippen LogP contribution in [0.15, 0.2) is 30.9 Å². The van der Waals surface area contributed by atoms with Gasteiger partial charge in [-0.1, -0.05) is 18.2 Å². The second-order valence-electron chi connectivity index (χ2n) is 4.95. The molecular weight excluding hydrogens is 252 g/mol. The molecular formula is C16H24N2O2. The first kappa shape index (κ1) is 14.9. The summed E-state index contributed by atoms with van der Waals surface area (Å²) in [5, 5.41) is 13.8. The minimum atomic E-state index is 0.162. The fourth-order valence-electron chi connectivity index (χ4n) is 2.70. The maximum atomic E-state index is 10.4. The second-order valence-corrected chi connectivity index (χ2v) is 4.95. The maximum absolute atomic E-state index is 10.4. The zero-order valence-corrected chi connectivity index (χ0v) is 12.1. The molecule has 1 aromatic rings. The summed E-state index contributed by atoms with van der Waals surface area (Å²) in [7, 11) is 0. The number of rotatable bonds is 6. The van der Waals surface area contributed by atoms with Crippen LogP contribution < -0.4 is 10.1 Å². The van der Waals surface area contributed by atoms with Gasteiger partial charge >= 0.3 is 0 Å². The number of phenolic OH excluding ortho intramolecular Hbond substituents is 1. The van der Waals surface area contributed by atoms with Crippen molar-refractivity contribution in [3.63, 3.8) is 0 Å². The Balaban J connectivity index is 2.28. The number of hydrogen-bond acceptors (Lipinski definition) is 4. The molecule has 0 saturated carbocycles. The fourth-order valence-corrected chi connectivity index (χ4v) is 2.70. The van der Waals surface area contributed by atoms with Crippen molar-refractivity contribution >= 4 is 0 Å². The number of piperazine rings is 1. The predicted octanol–water partition coefficient (Wildman–Crippen LogP) is 2.31. The number of nitrogens with one attached hydrogen (secondary N) is 1. The van der Waals surface area contributed by atoms with Gasteiger partial charge in [-0.2, -0.15) is 0 Å². The third-order valence-electron chi connectivity index (χ3n) is 3.67. The quantitative estimate of drug-likeness (QED) is 0.783. The van der Waals surface area contributed by atoms with E-state index < -0.39 is 0 Å². The lowest BCUT2D eigenvalue weighted by Crippen LogP contribution is -2.45. The van der Waals surface area contributed by atoms with Crippen molar-refractivity contribution < 1.29 is 9.84 Å². The fraction of sp³-hybridized carbons (Fsp3) is 0.500. The molecule has 2 N–H and O–H groups in total. The maximum Gasteiger partial charge on any atom is 0.162 e. The Labute approximate surface area is 121 Å². The van der Waals surface area contributed by atoms with E-state index in [0.29, 0.717) is 12.4 Å². The predicted molar refractivity (Wildman–Crippen MR) is 81.3 cm³/mol. The molecule has 2 rings (SSSR count). The van der Waals surface area contributed by atoms with Gasteiger partial charge in [-0.3, -0.25) is 4.90 Å². The highest BCUT2D eigenvalue weighted by Gasteiger charge is 2.24. The van der Waals surface area contributed by atoms with Gasteiger partial charge in [0, 0.05) is 37.8 Å². The summed E-state index contributed by atoms with van der Waals surface area (Å²) in [4.78, 5) is 2.39. The first-order valence-corrected chi connectivity index (χ1v) is 7.28. The van der Waals surface area contributed by atoms with E-state index >= 15 is 0 Å². The summed E-state index contributed by atoms with van der Waals surface area (Å²) < 4.78 is 5.49. The van der Waals surface area contributed by atoms with Crippen molar-refractivity contribution in [1.82, 2.24) is 10.2 Å². The average molecular weight is 276 g/mol. The van der Waals surface area contributed by atoms with Crippen molar-refractivity contribution in [2.24, 2.45) is 0 Å². The van der Waals surface area contributed by atoms with Crippen LogP contribution in [0.3, 0.4) is 0 Å². The van der Waals surface area contributed by atoms with Crippen LogP contribution in [-0.2, 0) is 0 Å². The molecule has 4 heteroatoms. The molecule has 1 fully saturated rings. The van der Waals surface area contributed by atoms with Crippen LogP contribution >= 0.6 is 0 Å². The highest BCUT2D eigenvalue weighted by atomic mass is 16.5. The molecule has 0 spiro atoms. The Morgan fingerprint density at radius 2 is 2.20 bits per heavy atom. The van der Waals surface area contributed by atoms with E-state index in [0.717, 1.165) is 38.2 Å². The van der Waals surface area contributed by atoms with Crippen molar-refractivity contribution in [3.8, 4) is 11.5 Å². The Morgan fingerprint density at radius 3 is 2.85 bits per heavy atom. The smallest absolute Gasteiger partial charge is 0.162 e. The lowest BCUT2D eigenvalue weighted by atomic mass is 9.99. The Hall–Kier alpha value is -1.52. The molecule has 1 atom stereocenters. The molecule has 0 amide bonds. The lowest BCUT2D eigenvalue weighted by Gasteiger charge is -2.35. The monoisotopic (exact) mass is 276 g/mol. The summed E-state index contributed by atoms with van der Waals surface area (Å²) in [6.07, 6.45) is 2.74. The van der Waals surface area contributed by atoms with Gasteiger partial charge in [0.1, 0.15) is 0 Å². The summed E-state index contributed by atoms with van der Waals surface area (Å²) in [6, 6.07) is 5.90. The number of ether oxygens (including phenoxy) is 1. The highest BCUT2D eigenvalue weighted by Crippen LogP contribution is 2.37. The standard InChI is InChI=1S/C16H24N2O2/c1-3-6-14(18-11-9-17-10-12-18)13-7-5-8-15(16(13)19)20-4-2/h3,5,7-8,14,17,19H,1,4,6,9-12H2,2H3/t14-/m1/s1. The average Bonchev–Trinajstić information content (AvgIpc) is 2.49. The minimum absolute atomic E-state index is 0.162. The number of phenols is 1. The third kappa shape index (κ3) is 3.32. The van der Waals surface area contributed by atoms with Crippen LogP contribution in [0.2, 0.25) is 0 Å². The van der Waals surface area contributed by atoms with Crippen LogP contribution in [0.25, 0.3) is 0 Å². The molecule has 1 aliphatic heterocycles. The molecule has 110 valence electrons. The molecule has 0 bridgehead atoms. The zero-order valence-electron chi connectivity index (χ0n) is 12.1. The summed E-state index contributed by atoms with van der Waals surface area (Å²) in [6.45, 7) is 10.3. The molecule has 4 nitrogen and oxygen atoms in total. The molecule has 1 aliphatic rings. The van der Waals surface area contributed by atoms with Crippen molar-refractivity contribution in [1.29, 1.82) is 0 Å². The summed E-state index contributed by atoms with van der Waals surface area (Å²) in [5.41, 5.74) is 0.928. The first-order chi connectivity index (χ1) is 9.77. The Morgan fingerprint density at radius 1 is 1.45 bits per heavy atom. The van der Waals surface area contributed by atoms with Gasteiger partial charge in [0.2, 0.25) is 0 Å². The van der Waals surface area contributed by atoms with Crippen LogP contribution in [0.5, 0.6) is 11.5 Å². The van der Waals surface area contributed by atoms with E-state index in [1.54, 1.807) is 0 Å².